The maximum absolute atomic E-state index is 12.8. The van der Waals surface area contributed by atoms with Crippen molar-refractivity contribution in [2.45, 2.75) is 167 Å². The van der Waals surface area contributed by atoms with E-state index in [0.29, 0.717) is 23.9 Å². The van der Waals surface area contributed by atoms with Gasteiger partial charge in [0.1, 0.15) is 13.2 Å². The second-order valence-corrected chi connectivity index (χ2v) is 17.4. The molecule has 0 aliphatic rings. The molecule has 0 rings (SSSR count). The van der Waals surface area contributed by atoms with Gasteiger partial charge in [0.25, 0.3) is 6.29 Å². The summed E-state index contributed by atoms with van der Waals surface area (Å²) in [7, 11) is 5.92. The van der Waals surface area contributed by atoms with Gasteiger partial charge in [-0.25, -0.2) is 4.79 Å². The monoisotopic (exact) mass is 931 g/mol. The van der Waals surface area contributed by atoms with E-state index in [9.17, 15) is 19.5 Å². The van der Waals surface area contributed by atoms with E-state index in [1.54, 1.807) is 0 Å². The zero-order chi connectivity index (χ0) is 49.2. The van der Waals surface area contributed by atoms with Crippen LogP contribution in [0.1, 0.15) is 155 Å². The molecule has 0 fully saturated rings. The van der Waals surface area contributed by atoms with Crippen molar-refractivity contribution >= 4 is 17.9 Å². The molecule has 67 heavy (non-hydrogen) atoms. The first-order valence-electron chi connectivity index (χ1n) is 25.3. The predicted octanol–water partition coefficient (Wildman–Crippen LogP) is 14.3. The van der Waals surface area contributed by atoms with E-state index in [4.69, 9.17) is 18.9 Å². The summed E-state index contributed by atoms with van der Waals surface area (Å²) in [6, 6.07) is 0. The van der Waals surface area contributed by atoms with Crippen molar-refractivity contribution in [1.82, 2.24) is 0 Å². The van der Waals surface area contributed by atoms with Gasteiger partial charge in [0.2, 0.25) is 0 Å². The number of allylic oxidation sites excluding steroid dienone is 22. The minimum absolute atomic E-state index is 0.168. The number of likely N-dealkylation sites (N-methyl/N-ethyl adjacent to an activating group) is 1. The van der Waals surface area contributed by atoms with Gasteiger partial charge in [0, 0.05) is 12.8 Å². The Hall–Kier alpha value is -4.57. The summed E-state index contributed by atoms with van der Waals surface area (Å²) in [5.74, 6) is -2.11. The number of carbonyl (C=O) groups excluding carboxylic acids is 2. The third-order valence-electron chi connectivity index (χ3n) is 9.90. The van der Waals surface area contributed by atoms with Crippen molar-refractivity contribution in [1.29, 1.82) is 0 Å². The Balaban J connectivity index is 4.50. The summed E-state index contributed by atoms with van der Waals surface area (Å²) < 4.78 is 22.7. The Kier molecular flexibility index (Phi) is 44.6. The van der Waals surface area contributed by atoms with Gasteiger partial charge in [-0.05, 0) is 109 Å². The molecule has 0 aliphatic carbocycles. The minimum Gasteiger partial charge on any atom is -0.477 e. The summed E-state index contributed by atoms with van der Waals surface area (Å²) in [6.07, 6.45) is 65.2. The lowest BCUT2D eigenvalue weighted by Gasteiger charge is -2.25. The third kappa shape index (κ3) is 49.2. The molecule has 0 saturated carbocycles. The average Bonchev–Trinajstić information content (AvgIpc) is 3.29. The summed E-state index contributed by atoms with van der Waals surface area (Å²) in [5, 5.41) is 9.67. The van der Waals surface area contributed by atoms with Crippen LogP contribution in [-0.2, 0) is 33.3 Å². The normalized spacial score (nSPS) is 14.0. The van der Waals surface area contributed by atoms with Crippen molar-refractivity contribution in [2.75, 3.05) is 47.5 Å². The Morgan fingerprint density at radius 1 is 0.448 bits per heavy atom. The molecule has 0 aromatic carbocycles. The fourth-order valence-corrected chi connectivity index (χ4v) is 6.04. The second-order valence-electron chi connectivity index (χ2n) is 17.4. The molecule has 376 valence electrons. The van der Waals surface area contributed by atoms with Crippen LogP contribution < -0.4 is 0 Å². The first-order valence-corrected chi connectivity index (χ1v) is 25.3. The molecule has 1 N–H and O–H groups in total. The number of rotatable bonds is 44. The fraction of sp³-hybridized carbons (Fsp3) is 0.569. The molecule has 0 heterocycles. The third-order valence-corrected chi connectivity index (χ3v) is 9.90. The molecule has 9 heteroatoms. The zero-order valence-electron chi connectivity index (χ0n) is 42.5. The number of esters is 2. The van der Waals surface area contributed by atoms with E-state index in [2.05, 4.69) is 148 Å². The number of unbranched alkanes of at least 4 members (excludes halogenated alkanes) is 7. The van der Waals surface area contributed by atoms with Gasteiger partial charge in [0.05, 0.1) is 34.4 Å². The van der Waals surface area contributed by atoms with E-state index in [1.807, 2.05) is 21.1 Å². The highest BCUT2D eigenvalue weighted by Crippen LogP contribution is 2.11. The molecular weight excluding hydrogens is 839 g/mol. The maximum atomic E-state index is 12.8. The van der Waals surface area contributed by atoms with Crippen LogP contribution in [0.15, 0.2) is 134 Å². The van der Waals surface area contributed by atoms with Crippen molar-refractivity contribution in [3.63, 3.8) is 0 Å². The number of carbonyl (C=O) groups is 3. The van der Waals surface area contributed by atoms with Crippen molar-refractivity contribution in [3.05, 3.63) is 134 Å². The molecule has 0 aromatic heterocycles. The molecule has 0 saturated heterocycles. The SMILES string of the molecule is CC/C=C\C/C=C\C/C=C\C/C=C\C/C=C\C/C=C\C/C=C\CCCCCC(=O)OC(COC(=O)CCCCCC/C=C\C/C=C\C/C=C\C/C=C\CC)COC(OCC[N+](C)(C)C)C(=O)O. The number of quaternary nitrogens is 1. The van der Waals surface area contributed by atoms with Gasteiger partial charge < -0.3 is 28.5 Å². The van der Waals surface area contributed by atoms with Crippen LogP contribution in [0, 0.1) is 0 Å². The van der Waals surface area contributed by atoms with Crippen LogP contribution in [-0.4, -0.2) is 87.4 Å². The quantitative estimate of drug-likeness (QED) is 0.0212. The standard InChI is InChI=1S/C58H91NO8/c1-6-8-10-12-14-16-18-20-22-24-25-26-27-28-29-30-31-33-35-37-39-41-43-45-47-49-56(61)67-54(53-66-58(57(62)63)64-51-50-59(3,4)5)52-65-55(60)48-46-44-42-40-38-36-34-32-23-21-19-17-15-13-11-9-7-2/h8-11,14-17,20-23,25-26,28-29,31,33-34,36-37,39,54,58H,6-7,12-13,18-19,24,27,30,32,35,38,40-53H2,1-5H3/p+1/b10-8-,11-9-,16-14-,17-15-,22-20-,23-21-,26-25-,29-28-,33-31-,36-34-,39-37-. The lowest BCUT2D eigenvalue weighted by Crippen LogP contribution is -2.40. The van der Waals surface area contributed by atoms with Gasteiger partial charge in [-0.2, -0.15) is 0 Å². The molecule has 0 aliphatic heterocycles. The van der Waals surface area contributed by atoms with E-state index in [0.717, 1.165) is 116 Å². The van der Waals surface area contributed by atoms with Crippen molar-refractivity contribution in [2.24, 2.45) is 0 Å². The molecule has 2 atom stereocenters. The highest BCUT2D eigenvalue weighted by molar-refractivity contribution is 5.71. The summed E-state index contributed by atoms with van der Waals surface area (Å²) in [5.41, 5.74) is 0. The highest BCUT2D eigenvalue weighted by atomic mass is 16.7. The molecular formula is C58H92NO8+. The smallest absolute Gasteiger partial charge is 0.361 e. The molecule has 2 unspecified atom stereocenters. The van der Waals surface area contributed by atoms with E-state index >= 15 is 0 Å². The average molecular weight is 931 g/mol. The number of carboxylic acids is 1. The Morgan fingerprint density at radius 2 is 0.806 bits per heavy atom. The second kappa shape index (κ2) is 47.9. The first kappa shape index (κ1) is 62.4. The Morgan fingerprint density at radius 3 is 1.19 bits per heavy atom. The molecule has 0 radical (unpaired) electrons. The van der Waals surface area contributed by atoms with Crippen LogP contribution in [0.5, 0.6) is 0 Å². The van der Waals surface area contributed by atoms with Gasteiger partial charge >= 0.3 is 17.9 Å². The van der Waals surface area contributed by atoms with Gasteiger partial charge in [-0.15, -0.1) is 0 Å². The highest BCUT2D eigenvalue weighted by Gasteiger charge is 2.25. The maximum Gasteiger partial charge on any atom is 0.361 e. The number of aliphatic carboxylic acids is 1. The summed E-state index contributed by atoms with van der Waals surface area (Å²) >= 11 is 0. The topological polar surface area (TPSA) is 108 Å². The first-order chi connectivity index (χ1) is 32.6. The minimum atomic E-state index is -1.53. The molecule has 0 spiro atoms. The van der Waals surface area contributed by atoms with E-state index in [-0.39, 0.29) is 38.6 Å². The number of ether oxygens (including phenoxy) is 4. The number of hydrogen-bond acceptors (Lipinski definition) is 7. The lowest BCUT2D eigenvalue weighted by molar-refractivity contribution is -0.870. The van der Waals surface area contributed by atoms with E-state index < -0.39 is 24.3 Å². The Labute approximate surface area is 408 Å². The molecule has 9 nitrogen and oxygen atoms in total. The molecule has 0 amide bonds. The number of nitrogens with zero attached hydrogens (tertiary/aromatic N) is 1. The van der Waals surface area contributed by atoms with Crippen molar-refractivity contribution in [3.8, 4) is 0 Å². The number of hydrogen-bond donors (Lipinski definition) is 1. The predicted molar refractivity (Wildman–Crippen MR) is 281 cm³/mol. The van der Waals surface area contributed by atoms with Gasteiger partial charge in [-0.1, -0.05) is 167 Å². The van der Waals surface area contributed by atoms with E-state index in [1.165, 1.54) is 0 Å². The molecule has 0 aromatic rings. The zero-order valence-corrected chi connectivity index (χ0v) is 42.5. The van der Waals surface area contributed by atoms with Crippen molar-refractivity contribution < 1.29 is 42.9 Å². The number of carboxylic acid groups (broad SMARTS) is 1. The van der Waals surface area contributed by atoms with Crippen LogP contribution in [0.25, 0.3) is 0 Å². The van der Waals surface area contributed by atoms with Crippen LogP contribution in [0.3, 0.4) is 0 Å². The van der Waals surface area contributed by atoms with Crippen LogP contribution in [0.2, 0.25) is 0 Å². The van der Waals surface area contributed by atoms with Crippen LogP contribution >= 0.6 is 0 Å². The fourth-order valence-electron chi connectivity index (χ4n) is 6.04. The van der Waals surface area contributed by atoms with Crippen LogP contribution in [0.4, 0.5) is 0 Å². The largest absolute Gasteiger partial charge is 0.477 e. The van der Waals surface area contributed by atoms with Gasteiger partial charge in [-0.3, -0.25) is 9.59 Å². The summed E-state index contributed by atoms with van der Waals surface area (Å²) in [6.45, 7) is 4.54. The molecule has 0 bridgehead atoms. The lowest BCUT2D eigenvalue weighted by atomic mass is 10.1. The Bertz CT molecular complexity index is 1550. The van der Waals surface area contributed by atoms with Gasteiger partial charge in [0.15, 0.2) is 6.10 Å². The summed E-state index contributed by atoms with van der Waals surface area (Å²) in [4.78, 5) is 37.3.